The summed E-state index contributed by atoms with van der Waals surface area (Å²) in [6, 6.07) is 77.9. The van der Waals surface area contributed by atoms with Gasteiger partial charge in [0, 0.05) is 17.1 Å². The van der Waals surface area contributed by atoms with Crippen molar-refractivity contribution in [3.63, 3.8) is 0 Å². The number of hydrogen-bond acceptors (Lipinski definition) is 1. The van der Waals surface area contributed by atoms with E-state index in [-0.39, 0.29) is 0 Å². The smallest absolute Gasteiger partial charge is 0.0468 e. The van der Waals surface area contributed by atoms with Crippen molar-refractivity contribution in [2.75, 3.05) is 4.90 Å². The van der Waals surface area contributed by atoms with Crippen LogP contribution in [0.5, 0.6) is 0 Å². The molecule has 0 amide bonds. The Kier molecular flexibility index (Phi) is 7.25. The van der Waals surface area contributed by atoms with Crippen LogP contribution in [-0.4, -0.2) is 0 Å². The van der Waals surface area contributed by atoms with Gasteiger partial charge in [0.1, 0.15) is 0 Å². The molecule has 0 aliphatic heterocycles. The van der Waals surface area contributed by atoms with Gasteiger partial charge < -0.3 is 4.90 Å². The molecule has 0 N–H and O–H groups in total. The van der Waals surface area contributed by atoms with Crippen molar-refractivity contribution < 1.29 is 0 Å². The number of rotatable bonds is 5. The predicted molar refractivity (Wildman–Crippen MR) is 237 cm³/mol. The SMILES string of the molecule is c1ccc(-c2cccc(N(c3ccc4ccc(-c5cc6ccc7ccccc7c6c6ccccc56)cc4c3)c3ccc4c(ccc5ccccc54)c3)c2)cc1. The fraction of sp³-hybridized carbons (Fsp3) is 0. The van der Waals surface area contributed by atoms with Crippen LogP contribution in [0, 0.1) is 0 Å². The van der Waals surface area contributed by atoms with Gasteiger partial charge in [-0.3, -0.25) is 0 Å². The van der Waals surface area contributed by atoms with Gasteiger partial charge in [0.2, 0.25) is 0 Å². The van der Waals surface area contributed by atoms with Crippen LogP contribution >= 0.6 is 0 Å². The molecule has 0 unspecified atom stereocenters. The van der Waals surface area contributed by atoms with E-state index in [0.717, 1.165) is 17.1 Å². The summed E-state index contributed by atoms with van der Waals surface area (Å²) in [5, 5.41) is 15.1. The summed E-state index contributed by atoms with van der Waals surface area (Å²) in [6.07, 6.45) is 0. The molecule has 0 saturated heterocycles. The quantitative estimate of drug-likeness (QED) is 0.162. The highest BCUT2D eigenvalue weighted by molar-refractivity contribution is 6.23. The molecule has 55 heavy (non-hydrogen) atoms. The molecule has 0 bridgehead atoms. The minimum atomic E-state index is 1.12. The van der Waals surface area contributed by atoms with Gasteiger partial charge in [0.05, 0.1) is 0 Å². The summed E-state index contributed by atoms with van der Waals surface area (Å²) in [5.41, 5.74) is 8.21. The first kappa shape index (κ1) is 31.3. The third kappa shape index (κ3) is 5.32. The van der Waals surface area contributed by atoms with Crippen molar-refractivity contribution in [1.82, 2.24) is 0 Å². The van der Waals surface area contributed by atoms with E-state index in [1.165, 1.54) is 86.9 Å². The molecule has 0 atom stereocenters. The molecule has 11 aromatic carbocycles. The highest BCUT2D eigenvalue weighted by Crippen LogP contribution is 2.42. The lowest BCUT2D eigenvalue weighted by molar-refractivity contribution is 1.29. The predicted octanol–water partition coefficient (Wildman–Crippen LogP) is 15.4. The van der Waals surface area contributed by atoms with Crippen molar-refractivity contribution in [3.8, 4) is 22.3 Å². The maximum absolute atomic E-state index is 2.41. The van der Waals surface area contributed by atoms with Crippen LogP contribution in [-0.2, 0) is 0 Å². The number of anilines is 3. The van der Waals surface area contributed by atoms with Crippen molar-refractivity contribution in [1.29, 1.82) is 0 Å². The first-order chi connectivity index (χ1) is 27.2. The van der Waals surface area contributed by atoms with E-state index >= 15 is 0 Å². The van der Waals surface area contributed by atoms with Gasteiger partial charge in [-0.25, -0.2) is 0 Å². The van der Waals surface area contributed by atoms with Crippen LogP contribution in [0.4, 0.5) is 17.1 Å². The standard InChI is InChI=1S/C54H35N/c1-2-11-36(12-3-1)40-15-10-16-45(32-40)55(47-29-30-49-42(33-47)25-22-38-13-4-6-17-48(38)49)46-28-27-37-21-24-41(31-44(37)34-46)53-35-43-26-23-39-14-5-7-18-50(39)54(43)52-20-9-8-19-51(52)53/h1-35H. The molecular weight excluding hydrogens is 663 g/mol. The van der Waals surface area contributed by atoms with E-state index in [0.29, 0.717) is 0 Å². The van der Waals surface area contributed by atoms with Crippen LogP contribution in [0.2, 0.25) is 0 Å². The van der Waals surface area contributed by atoms with E-state index in [9.17, 15) is 0 Å². The fourth-order valence-corrected chi connectivity index (χ4v) is 8.70. The number of nitrogens with zero attached hydrogens (tertiary/aromatic N) is 1. The van der Waals surface area contributed by atoms with E-state index in [1.807, 2.05) is 0 Å². The number of hydrogen-bond donors (Lipinski definition) is 0. The Morgan fingerprint density at radius 1 is 0.236 bits per heavy atom. The van der Waals surface area contributed by atoms with E-state index < -0.39 is 0 Å². The summed E-state index contributed by atoms with van der Waals surface area (Å²) in [5.74, 6) is 0. The molecule has 0 saturated carbocycles. The largest absolute Gasteiger partial charge is 0.310 e. The van der Waals surface area contributed by atoms with Gasteiger partial charge in [0.15, 0.2) is 0 Å². The second-order valence-corrected chi connectivity index (χ2v) is 14.5. The van der Waals surface area contributed by atoms with Crippen molar-refractivity contribution in [2.24, 2.45) is 0 Å². The number of benzene rings is 11. The lowest BCUT2D eigenvalue weighted by atomic mass is 9.90. The van der Waals surface area contributed by atoms with Crippen LogP contribution in [0.15, 0.2) is 212 Å². The maximum atomic E-state index is 2.41. The third-order valence-corrected chi connectivity index (χ3v) is 11.3. The summed E-state index contributed by atoms with van der Waals surface area (Å²) < 4.78 is 0. The van der Waals surface area contributed by atoms with Gasteiger partial charge >= 0.3 is 0 Å². The Bertz CT molecular complexity index is 3270. The fourth-order valence-electron chi connectivity index (χ4n) is 8.70. The maximum Gasteiger partial charge on any atom is 0.0468 e. The zero-order valence-corrected chi connectivity index (χ0v) is 30.2. The summed E-state index contributed by atoms with van der Waals surface area (Å²) in [4.78, 5) is 2.41. The Hall–Kier alpha value is -7.22. The molecule has 11 rings (SSSR count). The second kappa shape index (κ2) is 12.7. The molecule has 0 aromatic heterocycles. The Labute approximate surface area is 320 Å². The summed E-state index contributed by atoms with van der Waals surface area (Å²) in [7, 11) is 0. The molecule has 0 aliphatic carbocycles. The van der Waals surface area contributed by atoms with Gasteiger partial charge in [0.25, 0.3) is 0 Å². The van der Waals surface area contributed by atoms with Crippen LogP contribution < -0.4 is 4.90 Å². The Morgan fingerprint density at radius 2 is 0.800 bits per heavy atom. The summed E-state index contributed by atoms with van der Waals surface area (Å²) in [6.45, 7) is 0. The highest BCUT2D eigenvalue weighted by atomic mass is 15.1. The minimum Gasteiger partial charge on any atom is -0.310 e. The molecule has 1 nitrogen and oxygen atoms in total. The first-order valence-electron chi connectivity index (χ1n) is 19.0. The summed E-state index contributed by atoms with van der Waals surface area (Å²) >= 11 is 0. The highest BCUT2D eigenvalue weighted by Gasteiger charge is 2.17. The molecule has 11 aromatic rings. The van der Waals surface area contributed by atoms with Crippen molar-refractivity contribution >= 4 is 81.7 Å². The number of fused-ring (bicyclic) bond motifs is 9. The molecular formula is C54H35N. The van der Waals surface area contributed by atoms with E-state index in [2.05, 4.69) is 217 Å². The average molecular weight is 698 g/mol. The Morgan fingerprint density at radius 3 is 1.64 bits per heavy atom. The van der Waals surface area contributed by atoms with E-state index in [4.69, 9.17) is 0 Å². The van der Waals surface area contributed by atoms with Crippen molar-refractivity contribution in [3.05, 3.63) is 212 Å². The molecule has 0 radical (unpaired) electrons. The topological polar surface area (TPSA) is 3.24 Å². The normalized spacial score (nSPS) is 11.6. The van der Waals surface area contributed by atoms with Crippen molar-refractivity contribution in [2.45, 2.75) is 0 Å². The monoisotopic (exact) mass is 697 g/mol. The van der Waals surface area contributed by atoms with Gasteiger partial charge in [-0.05, 0) is 135 Å². The van der Waals surface area contributed by atoms with Gasteiger partial charge in [-0.1, -0.05) is 164 Å². The molecule has 0 aliphatic rings. The third-order valence-electron chi connectivity index (χ3n) is 11.3. The molecule has 0 heterocycles. The molecule has 1 heteroatoms. The van der Waals surface area contributed by atoms with Crippen LogP contribution in [0.3, 0.4) is 0 Å². The lowest BCUT2D eigenvalue weighted by Crippen LogP contribution is -2.10. The molecule has 0 fully saturated rings. The molecule has 0 spiro atoms. The average Bonchev–Trinajstić information content (AvgIpc) is 3.26. The lowest BCUT2D eigenvalue weighted by Gasteiger charge is -2.27. The molecule has 256 valence electrons. The Balaban J connectivity index is 1.10. The van der Waals surface area contributed by atoms with Crippen LogP contribution in [0.25, 0.3) is 86.9 Å². The van der Waals surface area contributed by atoms with Gasteiger partial charge in [-0.15, -0.1) is 0 Å². The van der Waals surface area contributed by atoms with E-state index in [1.54, 1.807) is 0 Å². The minimum absolute atomic E-state index is 1.12. The first-order valence-corrected chi connectivity index (χ1v) is 19.0. The second-order valence-electron chi connectivity index (χ2n) is 14.5. The zero-order valence-electron chi connectivity index (χ0n) is 30.2. The van der Waals surface area contributed by atoms with Crippen LogP contribution in [0.1, 0.15) is 0 Å². The zero-order chi connectivity index (χ0) is 36.3. The van der Waals surface area contributed by atoms with Gasteiger partial charge in [-0.2, -0.15) is 0 Å².